The standard InChI is InChI=1S/C38H51FO5/c1-5-6-7-8-9-10-11-12-13-16-25-43-32-21-19-30(20-22-32)31-23-24-38(37(41)42,35(39)27-31)34-18-15-14-17-33(34)36(40)44-29(4)26-28(2)3/h14-15,17-24,27-29,31H,5-13,16,25-26H2,1-4H3,(H,41,42)/p-1. The third-order valence-electron chi connectivity index (χ3n) is 8.29. The van der Waals surface area contributed by atoms with Crippen LogP contribution < -0.4 is 9.84 Å². The summed E-state index contributed by atoms with van der Waals surface area (Å²) in [6.45, 7) is 8.72. The Balaban J connectivity index is 1.60. The minimum Gasteiger partial charge on any atom is -0.548 e. The lowest BCUT2D eigenvalue weighted by atomic mass is 9.72. The Morgan fingerprint density at radius 3 is 2.09 bits per heavy atom. The van der Waals surface area contributed by atoms with Crippen LogP contribution in [0.5, 0.6) is 5.75 Å². The van der Waals surface area contributed by atoms with Gasteiger partial charge in [-0.1, -0.05) is 121 Å². The fourth-order valence-corrected chi connectivity index (χ4v) is 5.90. The van der Waals surface area contributed by atoms with Gasteiger partial charge in [-0.2, -0.15) is 0 Å². The first-order chi connectivity index (χ1) is 21.2. The van der Waals surface area contributed by atoms with Crippen molar-refractivity contribution in [1.29, 1.82) is 0 Å². The average molecular weight is 606 g/mol. The van der Waals surface area contributed by atoms with Crippen LogP contribution in [0, 0.1) is 5.92 Å². The maximum absolute atomic E-state index is 15.9. The fourth-order valence-electron chi connectivity index (χ4n) is 5.90. The number of esters is 1. The molecule has 0 N–H and O–H groups in total. The van der Waals surface area contributed by atoms with Crippen molar-refractivity contribution >= 4 is 11.9 Å². The molecule has 5 nitrogen and oxygen atoms in total. The number of halogens is 1. The van der Waals surface area contributed by atoms with E-state index in [-0.39, 0.29) is 17.2 Å². The molecule has 0 heterocycles. The number of benzene rings is 2. The Bertz CT molecular complexity index is 1250. The summed E-state index contributed by atoms with van der Waals surface area (Å²) in [6, 6.07) is 13.5. The van der Waals surface area contributed by atoms with Crippen LogP contribution in [0.1, 0.15) is 126 Å². The van der Waals surface area contributed by atoms with E-state index in [0.29, 0.717) is 18.9 Å². The van der Waals surface area contributed by atoms with Crippen LogP contribution in [0.25, 0.3) is 0 Å². The summed E-state index contributed by atoms with van der Waals surface area (Å²) >= 11 is 0. The van der Waals surface area contributed by atoms with Crippen molar-refractivity contribution in [2.24, 2.45) is 5.92 Å². The van der Waals surface area contributed by atoms with Crippen LogP contribution in [-0.2, 0) is 14.9 Å². The minimum absolute atomic E-state index is 0.00265. The number of hydrogen-bond acceptors (Lipinski definition) is 5. The molecule has 3 atom stereocenters. The highest BCUT2D eigenvalue weighted by Gasteiger charge is 2.42. The van der Waals surface area contributed by atoms with Crippen molar-refractivity contribution in [2.75, 3.05) is 6.61 Å². The molecule has 0 aromatic heterocycles. The lowest BCUT2D eigenvalue weighted by Gasteiger charge is -2.35. The second-order valence-electron chi connectivity index (χ2n) is 12.5. The number of aliphatic carboxylic acids is 1. The van der Waals surface area contributed by atoms with Gasteiger partial charge in [-0.3, -0.25) is 0 Å². The van der Waals surface area contributed by atoms with Crippen LogP contribution in [-0.4, -0.2) is 24.6 Å². The Hall–Kier alpha value is -3.41. The molecule has 2 aromatic rings. The molecular weight excluding hydrogens is 555 g/mol. The molecule has 6 heteroatoms. The van der Waals surface area contributed by atoms with E-state index < -0.39 is 29.1 Å². The predicted molar refractivity (Wildman–Crippen MR) is 172 cm³/mol. The third kappa shape index (κ3) is 9.80. The molecule has 0 aliphatic heterocycles. The highest BCUT2D eigenvalue weighted by atomic mass is 19.1. The third-order valence-corrected chi connectivity index (χ3v) is 8.29. The number of unbranched alkanes of at least 4 members (excludes halogenated alkanes) is 9. The maximum atomic E-state index is 15.9. The van der Waals surface area contributed by atoms with E-state index in [0.717, 1.165) is 24.2 Å². The quantitative estimate of drug-likeness (QED) is 0.0909. The normalized spacial score (nSPS) is 18.6. The van der Waals surface area contributed by atoms with Crippen LogP contribution in [0.3, 0.4) is 0 Å². The smallest absolute Gasteiger partial charge is 0.338 e. The van der Waals surface area contributed by atoms with Crippen molar-refractivity contribution < 1.29 is 28.6 Å². The molecule has 1 aliphatic carbocycles. The molecule has 3 unspecified atom stereocenters. The second kappa shape index (κ2) is 17.8. The predicted octanol–water partition coefficient (Wildman–Crippen LogP) is 8.77. The van der Waals surface area contributed by atoms with Gasteiger partial charge in [0.1, 0.15) is 17.0 Å². The Kier molecular flexibility index (Phi) is 14.2. The summed E-state index contributed by atoms with van der Waals surface area (Å²) in [6.07, 6.45) is 17.2. The van der Waals surface area contributed by atoms with Gasteiger partial charge in [0.25, 0.3) is 0 Å². The van der Waals surface area contributed by atoms with Gasteiger partial charge >= 0.3 is 5.97 Å². The van der Waals surface area contributed by atoms with E-state index in [1.54, 1.807) is 25.1 Å². The van der Waals surface area contributed by atoms with E-state index in [4.69, 9.17) is 9.47 Å². The zero-order valence-corrected chi connectivity index (χ0v) is 27.0. The van der Waals surface area contributed by atoms with Crippen LogP contribution in [0.4, 0.5) is 4.39 Å². The van der Waals surface area contributed by atoms with E-state index in [9.17, 15) is 14.7 Å². The van der Waals surface area contributed by atoms with Crippen molar-refractivity contribution in [3.05, 3.63) is 89.3 Å². The summed E-state index contributed by atoms with van der Waals surface area (Å²) in [4.78, 5) is 25.6. The first kappa shape index (κ1) is 35.1. The molecule has 0 fully saturated rings. The van der Waals surface area contributed by atoms with Crippen molar-refractivity contribution in [1.82, 2.24) is 0 Å². The molecule has 1 aliphatic rings. The lowest BCUT2D eigenvalue weighted by molar-refractivity contribution is -0.310. The van der Waals surface area contributed by atoms with E-state index in [1.807, 2.05) is 38.1 Å². The summed E-state index contributed by atoms with van der Waals surface area (Å²) in [5.41, 5.74) is -1.44. The largest absolute Gasteiger partial charge is 0.548 e. The molecule has 0 amide bonds. The molecule has 0 bridgehead atoms. The first-order valence-electron chi connectivity index (χ1n) is 16.5. The number of allylic oxidation sites excluding steroid dienone is 2. The molecule has 240 valence electrons. The summed E-state index contributed by atoms with van der Waals surface area (Å²) < 4.78 is 27.4. The first-order valence-corrected chi connectivity index (χ1v) is 16.5. The van der Waals surface area contributed by atoms with Gasteiger partial charge in [0.05, 0.1) is 24.2 Å². The summed E-state index contributed by atoms with van der Waals surface area (Å²) in [7, 11) is 0. The van der Waals surface area contributed by atoms with Crippen molar-refractivity contribution in [3.8, 4) is 5.75 Å². The monoisotopic (exact) mass is 605 g/mol. The topological polar surface area (TPSA) is 75.7 Å². The molecule has 0 saturated carbocycles. The summed E-state index contributed by atoms with van der Waals surface area (Å²) in [5.74, 6) is -2.66. The number of carboxylic acids is 1. The molecule has 3 rings (SSSR count). The Labute approximate surface area is 263 Å². The number of hydrogen-bond donors (Lipinski definition) is 0. The molecule has 0 radical (unpaired) electrons. The average Bonchev–Trinajstić information content (AvgIpc) is 2.99. The fraction of sp³-hybridized carbons (Fsp3) is 0.526. The van der Waals surface area contributed by atoms with Crippen LogP contribution in [0.2, 0.25) is 0 Å². The molecule has 2 aromatic carbocycles. The highest BCUT2D eigenvalue weighted by molar-refractivity contribution is 5.97. The zero-order valence-electron chi connectivity index (χ0n) is 27.0. The van der Waals surface area contributed by atoms with Crippen LogP contribution in [0.15, 0.2) is 72.6 Å². The minimum atomic E-state index is -2.23. The van der Waals surface area contributed by atoms with E-state index in [2.05, 4.69) is 6.92 Å². The Morgan fingerprint density at radius 2 is 1.50 bits per heavy atom. The van der Waals surface area contributed by atoms with E-state index in [1.165, 1.54) is 75.7 Å². The van der Waals surface area contributed by atoms with Gasteiger partial charge in [-0.25, -0.2) is 9.18 Å². The van der Waals surface area contributed by atoms with Crippen LogP contribution >= 0.6 is 0 Å². The Morgan fingerprint density at radius 1 is 0.886 bits per heavy atom. The van der Waals surface area contributed by atoms with Gasteiger partial charge in [0.15, 0.2) is 0 Å². The van der Waals surface area contributed by atoms with E-state index >= 15 is 4.39 Å². The second-order valence-corrected chi connectivity index (χ2v) is 12.5. The number of carbonyl (C=O) groups excluding carboxylic acids is 2. The SMILES string of the molecule is CCCCCCCCCCCCOc1ccc(C2C=CC(C(=O)[O-])(c3ccccc3C(=O)OC(C)CC(C)C)C(F)=C2)cc1. The lowest BCUT2D eigenvalue weighted by Crippen LogP contribution is -2.47. The zero-order chi connectivity index (χ0) is 32.0. The number of carboxylic acid groups (broad SMARTS) is 1. The number of ether oxygens (including phenoxy) is 2. The number of rotatable bonds is 19. The maximum Gasteiger partial charge on any atom is 0.338 e. The van der Waals surface area contributed by atoms with Gasteiger partial charge in [-0.05, 0) is 61.1 Å². The molecular formula is C38H50FO5-. The molecule has 44 heavy (non-hydrogen) atoms. The van der Waals surface area contributed by atoms with Gasteiger partial charge in [0.2, 0.25) is 0 Å². The van der Waals surface area contributed by atoms with Crippen molar-refractivity contribution in [3.63, 3.8) is 0 Å². The van der Waals surface area contributed by atoms with Gasteiger partial charge in [-0.15, -0.1) is 0 Å². The molecule has 0 saturated heterocycles. The molecule has 0 spiro atoms. The van der Waals surface area contributed by atoms with Crippen molar-refractivity contribution in [2.45, 2.75) is 116 Å². The highest BCUT2D eigenvalue weighted by Crippen LogP contribution is 2.42. The van der Waals surface area contributed by atoms with Gasteiger partial charge < -0.3 is 19.4 Å². The number of carbonyl (C=O) groups is 2. The van der Waals surface area contributed by atoms with Gasteiger partial charge in [0, 0.05) is 5.92 Å². The summed E-state index contributed by atoms with van der Waals surface area (Å²) in [5, 5.41) is 12.6.